The van der Waals surface area contributed by atoms with Gasteiger partial charge in [0, 0.05) is 39.7 Å². The fourth-order valence-electron chi connectivity index (χ4n) is 4.46. The zero-order valence-corrected chi connectivity index (χ0v) is 44.1. The van der Waals surface area contributed by atoms with Crippen molar-refractivity contribution in [3.05, 3.63) is 43.7 Å². The third-order valence-electron chi connectivity index (χ3n) is 7.59. The Labute approximate surface area is 429 Å². The number of amides is 6. The fourth-order valence-corrected chi connectivity index (χ4v) is 13.3. The van der Waals surface area contributed by atoms with Crippen LogP contribution in [0.1, 0.15) is 47.9 Å². The summed E-state index contributed by atoms with van der Waals surface area (Å²) in [6.45, 7) is -4.49. The minimum absolute atomic E-state index is 0.0000583. The molecule has 0 aliphatic heterocycles. The lowest BCUT2D eigenvalue weighted by Crippen LogP contribution is -2.37. The SMILES string of the molecule is O=C(Nc1c(I)c(C(=O)NCC(O)CO)c(I)c(C(=O)NCC(O)CO)c1I)OCCCOC(=O)Nc1c(I)c(C(=O)NCC(O)CO)c(I)c(C(=O)NCC(O)CO)c1I. The Balaban J connectivity index is 2.25. The van der Waals surface area contributed by atoms with Crippen LogP contribution in [0.3, 0.4) is 0 Å². The van der Waals surface area contributed by atoms with Gasteiger partial charge in [-0.25, -0.2) is 9.59 Å². The molecule has 2 aromatic rings. The van der Waals surface area contributed by atoms with Gasteiger partial charge in [-0.15, -0.1) is 0 Å². The van der Waals surface area contributed by atoms with E-state index in [1.807, 2.05) is 0 Å². The number of nitrogens with one attached hydrogen (secondary N) is 6. The number of aliphatic hydroxyl groups is 8. The molecule has 340 valence electrons. The van der Waals surface area contributed by atoms with Crippen LogP contribution >= 0.6 is 136 Å². The second-order valence-corrected chi connectivity index (χ2v) is 18.7. The monoisotopic (exact) mass is 1540 g/mol. The van der Waals surface area contributed by atoms with Crippen molar-refractivity contribution in [1.29, 1.82) is 0 Å². The van der Waals surface area contributed by atoms with E-state index in [1.54, 1.807) is 136 Å². The molecule has 28 heteroatoms. The maximum Gasteiger partial charge on any atom is 0.411 e. The first-order valence-electron chi connectivity index (χ1n) is 17.3. The third-order valence-corrected chi connectivity index (χ3v) is 14.1. The number of ether oxygens (including phenoxy) is 2. The summed E-state index contributed by atoms with van der Waals surface area (Å²) >= 11 is 10.6. The Morgan fingerprint density at radius 2 is 0.656 bits per heavy atom. The molecule has 0 aromatic heterocycles. The van der Waals surface area contributed by atoms with Crippen molar-refractivity contribution in [1.82, 2.24) is 21.3 Å². The third kappa shape index (κ3) is 16.7. The second kappa shape index (κ2) is 28.1. The van der Waals surface area contributed by atoms with Gasteiger partial charge in [-0.3, -0.25) is 29.8 Å². The van der Waals surface area contributed by atoms with E-state index in [0.29, 0.717) is 0 Å². The van der Waals surface area contributed by atoms with Crippen molar-refractivity contribution in [2.45, 2.75) is 30.8 Å². The lowest BCUT2D eigenvalue weighted by molar-refractivity contribution is 0.0792. The lowest BCUT2D eigenvalue weighted by atomic mass is 10.1. The molecule has 0 heterocycles. The molecule has 0 saturated heterocycles. The largest absolute Gasteiger partial charge is 0.449 e. The predicted octanol–water partition coefficient (Wildman–Crippen LogP) is -0.167. The summed E-state index contributed by atoms with van der Waals surface area (Å²) < 4.78 is 11.5. The topological polar surface area (TPSA) is 355 Å². The van der Waals surface area contributed by atoms with Crippen LogP contribution in [-0.2, 0) is 9.47 Å². The van der Waals surface area contributed by atoms with E-state index in [1.165, 1.54) is 0 Å². The van der Waals surface area contributed by atoms with Gasteiger partial charge in [-0.05, 0) is 136 Å². The molecule has 61 heavy (non-hydrogen) atoms. The van der Waals surface area contributed by atoms with Gasteiger partial charge in [0.1, 0.15) is 0 Å². The average molecular weight is 1540 g/mol. The molecule has 2 rings (SSSR count). The van der Waals surface area contributed by atoms with E-state index in [2.05, 4.69) is 31.9 Å². The Morgan fingerprint density at radius 3 is 0.869 bits per heavy atom. The van der Waals surface area contributed by atoms with Gasteiger partial charge in [0.25, 0.3) is 23.6 Å². The van der Waals surface area contributed by atoms with Crippen LogP contribution in [-0.4, -0.2) is 167 Å². The number of benzene rings is 2. The zero-order chi connectivity index (χ0) is 46.1. The van der Waals surface area contributed by atoms with Crippen LogP contribution in [0.5, 0.6) is 0 Å². The summed E-state index contributed by atoms with van der Waals surface area (Å²) in [6.07, 6.45) is -7.20. The molecule has 0 spiro atoms. The summed E-state index contributed by atoms with van der Waals surface area (Å²) in [6, 6.07) is 0. The zero-order valence-electron chi connectivity index (χ0n) is 31.2. The fraction of sp³-hybridized carbons (Fsp3) is 0.455. The summed E-state index contributed by atoms with van der Waals surface area (Å²) in [5.41, 5.74) is -0.247. The molecule has 14 N–H and O–H groups in total. The van der Waals surface area contributed by atoms with Gasteiger partial charge in [0.05, 0.1) is 112 Å². The molecule has 0 bridgehead atoms. The number of hydrogen-bond donors (Lipinski definition) is 14. The maximum atomic E-state index is 13.2. The molecule has 0 saturated carbocycles. The van der Waals surface area contributed by atoms with E-state index in [0.717, 1.165) is 0 Å². The molecule has 6 amide bonds. The first kappa shape index (κ1) is 56.1. The van der Waals surface area contributed by atoms with Gasteiger partial charge in [-0.2, -0.15) is 0 Å². The standard InChI is InChI=1S/C33H40I6N6O16/c34-20-16(28(54)40-4-12(50)8-46)22(36)26(23(37)17(20)29(55)41-5-13(51)9-47)44-32(58)60-2-1-3-61-33(59)45-27-24(38)18(30(56)42-6-14(52)10-48)21(35)19(25(27)39)31(57)43-7-15(53)11-49/h12-15,46-53H,1-11H2,(H,40,54)(H,41,55)(H,42,56)(H,43,57)(H,44,58)(H,45,59). The summed E-state index contributed by atoms with van der Waals surface area (Å²) in [7, 11) is 0. The smallest absolute Gasteiger partial charge is 0.411 e. The molecule has 4 unspecified atom stereocenters. The highest BCUT2D eigenvalue weighted by atomic mass is 127. The highest BCUT2D eigenvalue weighted by Crippen LogP contribution is 2.37. The van der Waals surface area contributed by atoms with E-state index in [-0.39, 0.29) is 101 Å². The Kier molecular flexibility index (Phi) is 25.8. The first-order valence-corrected chi connectivity index (χ1v) is 23.8. The molecule has 0 aliphatic carbocycles. The van der Waals surface area contributed by atoms with Crippen molar-refractivity contribution in [3.63, 3.8) is 0 Å². The highest BCUT2D eigenvalue weighted by molar-refractivity contribution is 14.1. The minimum Gasteiger partial charge on any atom is -0.449 e. The Morgan fingerprint density at radius 1 is 0.426 bits per heavy atom. The van der Waals surface area contributed by atoms with Gasteiger partial charge in [0.2, 0.25) is 0 Å². The van der Waals surface area contributed by atoms with E-state index >= 15 is 0 Å². The molecule has 22 nitrogen and oxygen atoms in total. The average Bonchev–Trinajstić information content (AvgIpc) is 3.22. The first-order chi connectivity index (χ1) is 28.7. The van der Waals surface area contributed by atoms with Crippen molar-refractivity contribution < 1.29 is 79.1 Å². The maximum absolute atomic E-state index is 13.2. The number of aliphatic hydroxyl groups excluding tert-OH is 8. The molecule has 2 aromatic carbocycles. The van der Waals surface area contributed by atoms with Crippen LogP contribution in [0.2, 0.25) is 0 Å². The van der Waals surface area contributed by atoms with E-state index in [9.17, 15) is 49.2 Å². The number of anilines is 2. The highest BCUT2D eigenvalue weighted by Gasteiger charge is 2.31. The summed E-state index contributed by atoms with van der Waals surface area (Å²) in [5.74, 6) is -3.01. The van der Waals surface area contributed by atoms with Crippen molar-refractivity contribution in [2.75, 3.05) is 76.5 Å². The van der Waals surface area contributed by atoms with Crippen LogP contribution in [0.4, 0.5) is 21.0 Å². The number of carbonyl (C=O) groups excluding carboxylic acids is 6. The van der Waals surface area contributed by atoms with Crippen LogP contribution in [0.15, 0.2) is 0 Å². The number of carbonyl (C=O) groups is 6. The normalized spacial score (nSPS) is 13.0. The molecule has 4 atom stereocenters. The van der Waals surface area contributed by atoms with Crippen LogP contribution in [0.25, 0.3) is 0 Å². The predicted molar refractivity (Wildman–Crippen MR) is 265 cm³/mol. The van der Waals surface area contributed by atoms with E-state index in [4.69, 9.17) is 29.9 Å². The quantitative estimate of drug-likeness (QED) is 0.0538. The van der Waals surface area contributed by atoms with E-state index < -0.39 is 86.7 Å². The molecule has 0 aliphatic rings. The second-order valence-electron chi connectivity index (χ2n) is 12.2. The Hall–Kier alpha value is -1.08. The molecule has 0 fully saturated rings. The van der Waals surface area contributed by atoms with Crippen molar-refractivity contribution >= 4 is 183 Å². The van der Waals surface area contributed by atoms with Gasteiger partial charge in [0.15, 0.2) is 0 Å². The number of halogens is 6. The number of hydrogen-bond acceptors (Lipinski definition) is 16. The van der Waals surface area contributed by atoms with Gasteiger partial charge in [-0.1, -0.05) is 0 Å². The lowest BCUT2D eigenvalue weighted by Gasteiger charge is -2.20. The summed E-state index contributed by atoms with van der Waals surface area (Å²) in [5, 5.41) is 90.4. The van der Waals surface area contributed by atoms with Crippen LogP contribution in [0, 0.1) is 21.4 Å². The summed E-state index contributed by atoms with van der Waals surface area (Å²) in [4.78, 5) is 78.9. The van der Waals surface area contributed by atoms with Crippen molar-refractivity contribution in [3.8, 4) is 0 Å². The minimum atomic E-state index is -1.28. The molecular formula is C33H40I6N6O16. The van der Waals surface area contributed by atoms with Crippen molar-refractivity contribution in [2.24, 2.45) is 0 Å². The molecular weight excluding hydrogens is 1500 g/mol. The van der Waals surface area contributed by atoms with Crippen LogP contribution < -0.4 is 31.9 Å². The Bertz CT molecular complexity index is 1690. The van der Waals surface area contributed by atoms with Gasteiger partial charge >= 0.3 is 12.2 Å². The molecule has 0 radical (unpaired) electrons. The van der Waals surface area contributed by atoms with Gasteiger partial charge < -0.3 is 71.6 Å². The number of rotatable bonds is 22.